The van der Waals surface area contributed by atoms with Gasteiger partial charge in [0.1, 0.15) is 5.76 Å². The number of aliphatic carboxylic acids is 1. The van der Waals surface area contributed by atoms with Crippen LogP contribution >= 0.6 is 31.9 Å². The summed E-state index contributed by atoms with van der Waals surface area (Å²) in [6.07, 6.45) is 2.38. The minimum absolute atomic E-state index is 0.483. The van der Waals surface area contributed by atoms with Gasteiger partial charge in [-0.15, -0.1) is 0 Å². The first-order valence-corrected chi connectivity index (χ1v) is 4.54. The molecule has 0 amide bonds. The van der Waals surface area contributed by atoms with E-state index in [0.717, 1.165) is 10.5 Å². The predicted octanol–water partition coefficient (Wildman–Crippen LogP) is 2.90. The van der Waals surface area contributed by atoms with Crippen molar-refractivity contribution in [1.29, 1.82) is 0 Å². The summed E-state index contributed by atoms with van der Waals surface area (Å²) in [5, 5.41) is 8.30. The van der Waals surface area contributed by atoms with Gasteiger partial charge in [0.2, 0.25) is 0 Å². The first-order valence-electron chi connectivity index (χ1n) is 2.95. The Morgan fingerprint density at radius 3 is 2.67 bits per heavy atom. The fourth-order valence-electron chi connectivity index (χ4n) is 0.599. The van der Waals surface area contributed by atoms with Crippen LogP contribution in [-0.4, -0.2) is 11.1 Å². The summed E-state index contributed by atoms with van der Waals surface area (Å²) < 4.78 is 6.39. The van der Waals surface area contributed by atoms with Crippen molar-refractivity contribution in [2.24, 2.45) is 0 Å². The van der Waals surface area contributed by atoms with Gasteiger partial charge in [-0.3, -0.25) is 0 Å². The van der Waals surface area contributed by atoms with Gasteiger partial charge in [0.05, 0.1) is 4.47 Å². The van der Waals surface area contributed by atoms with Gasteiger partial charge in [0.25, 0.3) is 0 Å². The van der Waals surface area contributed by atoms with E-state index in [9.17, 15) is 4.79 Å². The maximum Gasteiger partial charge on any atom is 0.328 e. The first-order chi connectivity index (χ1) is 5.59. The van der Waals surface area contributed by atoms with Crippen molar-refractivity contribution in [3.05, 3.63) is 27.0 Å². The van der Waals surface area contributed by atoms with Crippen LogP contribution in [0.2, 0.25) is 0 Å². The molecule has 1 aromatic heterocycles. The van der Waals surface area contributed by atoms with E-state index in [1.807, 2.05) is 0 Å². The summed E-state index contributed by atoms with van der Waals surface area (Å²) >= 11 is 6.33. The number of carboxylic acids is 1. The molecule has 5 heteroatoms. The molecule has 3 nitrogen and oxygen atoms in total. The lowest BCUT2D eigenvalue weighted by Gasteiger charge is -1.81. The van der Waals surface area contributed by atoms with Crippen molar-refractivity contribution in [2.45, 2.75) is 0 Å². The molecule has 0 radical (unpaired) electrons. The summed E-state index contributed by atoms with van der Waals surface area (Å²) in [6.45, 7) is 0. The van der Waals surface area contributed by atoms with E-state index < -0.39 is 5.97 Å². The van der Waals surface area contributed by atoms with Crippen LogP contribution in [0.3, 0.4) is 0 Å². The predicted molar refractivity (Wildman–Crippen MR) is 50.8 cm³/mol. The molecule has 0 atom stereocenters. The SMILES string of the molecule is O=C(O)C=Cc1cc(Br)c(Br)o1. The minimum Gasteiger partial charge on any atom is -0.478 e. The number of halogens is 2. The van der Waals surface area contributed by atoms with Crippen molar-refractivity contribution >= 4 is 43.9 Å². The number of hydrogen-bond donors (Lipinski definition) is 1. The molecule has 0 aliphatic carbocycles. The third-order valence-electron chi connectivity index (χ3n) is 1.05. The lowest BCUT2D eigenvalue weighted by atomic mass is 10.4. The molecule has 1 N–H and O–H groups in total. The van der Waals surface area contributed by atoms with Crippen LogP contribution in [-0.2, 0) is 4.79 Å². The van der Waals surface area contributed by atoms with Crippen molar-refractivity contribution in [3.63, 3.8) is 0 Å². The Labute approximate surface area is 85.3 Å². The Morgan fingerprint density at radius 2 is 2.25 bits per heavy atom. The third kappa shape index (κ3) is 2.49. The van der Waals surface area contributed by atoms with Crippen LogP contribution in [0.25, 0.3) is 6.08 Å². The minimum atomic E-state index is -1.00. The highest BCUT2D eigenvalue weighted by Crippen LogP contribution is 2.27. The van der Waals surface area contributed by atoms with Gasteiger partial charge in [0, 0.05) is 6.08 Å². The van der Waals surface area contributed by atoms with Gasteiger partial charge in [-0.1, -0.05) is 0 Å². The molecule has 0 unspecified atom stereocenters. The molecule has 64 valence electrons. The molecule has 0 fully saturated rings. The van der Waals surface area contributed by atoms with Crippen LogP contribution in [0, 0.1) is 0 Å². The molecule has 0 bridgehead atoms. The zero-order valence-corrected chi connectivity index (χ0v) is 8.92. The first kappa shape index (κ1) is 9.54. The molecule has 0 spiro atoms. The topological polar surface area (TPSA) is 50.4 Å². The average Bonchev–Trinajstić information content (AvgIpc) is 2.28. The van der Waals surface area contributed by atoms with E-state index >= 15 is 0 Å². The van der Waals surface area contributed by atoms with Crippen molar-refractivity contribution in [1.82, 2.24) is 0 Å². The Morgan fingerprint density at radius 1 is 1.58 bits per heavy atom. The van der Waals surface area contributed by atoms with E-state index in [1.54, 1.807) is 6.07 Å². The Bertz CT molecular complexity index is 308. The number of furan rings is 1. The van der Waals surface area contributed by atoms with Crippen molar-refractivity contribution in [2.75, 3.05) is 0 Å². The summed E-state index contributed by atoms with van der Waals surface area (Å²) in [5.74, 6) is -0.519. The highest BCUT2D eigenvalue weighted by atomic mass is 79.9. The van der Waals surface area contributed by atoms with E-state index in [2.05, 4.69) is 31.9 Å². The molecule has 0 saturated carbocycles. The standard InChI is InChI=1S/C7H4Br2O3/c8-5-3-4(12-7(5)9)1-2-6(10)11/h1-3H,(H,10,11). The molecular formula is C7H4Br2O3. The van der Waals surface area contributed by atoms with E-state index in [1.165, 1.54) is 6.08 Å². The van der Waals surface area contributed by atoms with Gasteiger partial charge >= 0.3 is 5.97 Å². The molecule has 0 saturated heterocycles. The normalized spacial score (nSPS) is 10.8. The van der Waals surface area contributed by atoms with Crippen LogP contribution in [0.5, 0.6) is 0 Å². The second-order valence-electron chi connectivity index (χ2n) is 1.94. The summed E-state index contributed by atoms with van der Waals surface area (Å²) in [5.41, 5.74) is 0. The molecule has 1 aromatic rings. The summed E-state index contributed by atoms with van der Waals surface area (Å²) in [7, 11) is 0. The molecule has 0 aromatic carbocycles. The largest absolute Gasteiger partial charge is 0.478 e. The lowest BCUT2D eigenvalue weighted by molar-refractivity contribution is -0.131. The maximum absolute atomic E-state index is 10.1. The van der Waals surface area contributed by atoms with E-state index in [-0.39, 0.29) is 0 Å². The van der Waals surface area contributed by atoms with E-state index in [4.69, 9.17) is 9.52 Å². The van der Waals surface area contributed by atoms with Gasteiger partial charge in [0.15, 0.2) is 4.67 Å². The second-order valence-corrected chi connectivity index (χ2v) is 3.52. The van der Waals surface area contributed by atoms with Crippen LogP contribution in [0.15, 0.2) is 25.7 Å². The zero-order chi connectivity index (χ0) is 9.14. The molecule has 12 heavy (non-hydrogen) atoms. The van der Waals surface area contributed by atoms with Crippen molar-refractivity contribution < 1.29 is 14.3 Å². The maximum atomic E-state index is 10.1. The highest BCUT2D eigenvalue weighted by Gasteiger charge is 2.02. The number of carboxylic acid groups (broad SMARTS) is 1. The van der Waals surface area contributed by atoms with Crippen LogP contribution < -0.4 is 0 Å². The number of hydrogen-bond acceptors (Lipinski definition) is 2. The van der Waals surface area contributed by atoms with Gasteiger partial charge in [-0.25, -0.2) is 4.79 Å². The Balaban J connectivity index is 2.83. The van der Waals surface area contributed by atoms with Crippen LogP contribution in [0.4, 0.5) is 0 Å². The van der Waals surface area contributed by atoms with Crippen LogP contribution in [0.1, 0.15) is 5.76 Å². The third-order valence-corrected chi connectivity index (χ3v) is 2.76. The summed E-state index contributed by atoms with van der Waals surface area (Å²) in [4.78, 5) is 10.1. The monoisotopic (exact) mass is 294 g/mol. The quantitative estimate of drug-likeness (QED) is 0.854. The zero-order valence-electron chi connectivity index (χ0n) is 5.75. The number of rotatable bonds is 2. The van der Waals surface area contributed by atoms with E-state index in [0.29, 0.717) is 10.4 Å². The smallest absolute Gasteiger partial charge is 0.328 e. The second kappa shape index (κ2) is 3.91. The molecular weight excluding hydrogens is 292 g/mol. The van der Waals surface area contributed by atoms with Gasteiger partial charge in [-0.2, -0.15) is 0 Å². The molecule has 0 aliphatic heterocycles. The number of carbonyl (C=O) groups is 1. The highest BCUT2D eigenvalue weighted by molar-refractivity contribution is 9.13. The fraction of sp³-hybridized carbons (Fsp3) is 0. The Hall–Kier alpha value is -0.550. The summed E-state index contributed by atoms with van der Waals surface area (Å²) in [6, 6.07) is 1.67. The Kier molecular flexibility index (Phi) is 3.11. The van der Waals surface area contributed by atoms with Gasteiger partial charge < -0.3 is 9.52 Å². The average molecular weight is 296 g/mol. The fourth-order valence-corrected chi connectivity index (χ4v) is 1.21. The molecule has 1 rings (SSSR count). The van der Waals surface area contributed by atoms with Crippen molar-refractivity contribution in [3.8, 4) is 0 Å². The lowest BCUT2D eigenvalue weighted by Crippen LogP contribution is -1.84. The molecule has 1 heterocycles. The van der Waals surface area contributed by atoms with Gasteiger partial charge in [-0.05, 0) is 44.0 Å². The molecule has 0 aliphatic rings.